The minimum absolute atomic E-state index is 0.0841. The Kier molecular flexibility index (Phi) is 3.34. The van der Waals surface area contributed by atoms with Crippen molar-refractivity contribution < 1.29 is 18.7 Å². The summed E-state index contributed by atoms with van der Waals surface area (Å²) in [6.07, 6.45) is -0.173. The molecule has 5 heteroatoms. The van der Waals surface area contributed by atoms with Gasteiger partial charge in [0.15, 0.2) is 0 Å². The summed E-state index contributed by atoms with van der Waals surface area (Å²) in [7, 11) is 1.81. The molecule has 1 saturated carbocycles. The fourth-order valence-electron chi connectivity index (χ4n) is 2.11. The quantitative estimate of drug-likeness (QED) is 0.899. The van der Waals surface area contributed by atoms with E-state index in [1.54, 1.807) is 12.1 Å². The van der Waals surface area contributed by atoms with Gasteiger partial charge < -0.3 is 5.11 Å². The molecule has 18 heavy (non-hydrogen) atoms. The number of hydrogen-bond acceptors (Lipinski definition) is 2. The van der Waals surface area contributed by atoms with Crippen molar-refractivity contribution in [2.75, 3.05) is 7.05 Å². The highest BCUT2D eigenvalue weighted by atomic mass is 19.3. The molecule has 1 fully saturated rings. The van der Waals surface area contributed by atoms with Crippen molar-refractivity contribution in [3.05, 3.63) is 35.4 Å². The fraction of sp³-hybridized carbons (Fsp3) is 0.462. The number of nitrogens with zero attached hydrogens (tertiary/aromatic N) is 1. The predicted octanol–water partition coefficient (Wildman–Crippen LogP) is 2.61. The lowest BCUT2D eigenvalue weighted by Crippen LogP contribution is -2.48. The summed E-state index contributed by atoms with van der Waals surface area (Å²) in [6, 6.07) is 6.41. The minimum Gasteiger partial charge on any atom is -0.478 e. The number of halogens is 2. The van der Waals surface area contributed by atoms with E-state index in [-0.39, 0.29) is 24.4 Å². The smallest absolute Gasteiger partial charge is 0.335 e. The third-order valence-corrected chi connectivity index (χ3v) is 3.32. The van der Waals surface area contributed by atoms with Gasteiger partial charge >= 0.3 is 5.97 Å². The van der Waals surface area contributed by atoms with Gasteiger partial charge in [-0.2, -0.15) is 0 Å². The maximum atomic E-state index is 12.7. The number of carbonyl (C=O) groups is 1. The first-order chi connectivity index (χ1) is 8.37. The van der Waals surface area contributed by atoms with Crippen LogP contribution in [0.5, 0.6) is 0 Å². The molecular formula is C13H15F2NO2. The molecule has 0 aliphatic heterocycles. The summed E-state index contributed by atoms with van der Waals surface area (Å²) in [4.78, 5) is 12.6. The summed E-state index contributed by atoms with van der Waals surface area (Å²) >= 11 is 0. The Balaban J connectivity index is 1.91. The molecule has 1 aromatic carbocycles. The number of benzene rings is 1. The van der Waals surface area contributed by atoms with Crippen LogP contribution in [0, 0.1) is 0 Å². The van der Waals surface area contributed by atoms with E-state index in [0.29, 0.717) is 6.54 Å². The van der Waals surface area contributed by atoms with Crippen LogP contribution in [-0.4, -0.2) is 35.0 Å². The molecule has 0 amide bonds. The van der Waals surface area contributed by atoms with Gasteiger partial charge in [-0.1, -0.05) is 12.1 Å². The molecule has 0 aromatic heterocycles. The molecule has 0 radical (unpaired) electrons. The summed E-state index contributed by atoms with van der Waals surface area (Å²) in [5, 5.41) is 8.76. The first-order valence-corrected chi connectivity index (χ1v) is 5.78. The number of carboxylic acids is 1. The standard InChI is InChI=1S/C13H15F2NO2/c1-16(11-6-13(14,15)7-11)8-9-2-4-10(5-3-9)12(17)18/h2-5,11H,6-8H2,1H3,(H,17,18). The minimum atomic E-state index is -2.51. The largest absolute Gasteiger partial charge is 0.478 e. The molecule has 0 bridgehead atoms. The van der Waals surface area contributed by atoms with Crippen LogP contribution in [0.25, 0.3) is 0 Å². The Bertz CT molecular complexity index is 437. The second-order valence-corrected chi connectivity index (χ2v) is 4.84. The summed E-state index contributed by atoms with van der Waals surface area (Å²) < 4.78 is 25.5. The third-order valence-electron chi connectivity index (χ3n) is 3.32. The Labute approximate surface area is 104 Å². The van der Waals surface area contributed by atoms with Gasteiger partial charge in [0.25, 0.3) is 5.92 Å². The average molecular weight is 255 g/mol. The Morgan fingerprint density at radius 2 is 1.94 bits per heavy atom. The summed E-state index contributed by atoms with van der Waals surface area (Å²) in [5.74, 6) is -3.47. The van der Waals surface area contributed by atoms with Crippen LogP contribution in [0.2, 0.25) is 0 Å². The lowest BCUT2D eigenvalue weighted by molar-refractivity contribution is -0.121. The van der Waals surface area contributed by atoms with E-state index in [9.17, 15) is 13.6 Å². The van der Waals surface area contributed by atoms with Crippen molar-refractivity contribution in [2.45, 2.75) is 31.4 Å². The summed E-state index contributed by atoms with van der Waals surface area (Å²) in [6.45, 7) is 0.556. The molecule has 0 unspecified atom stereocenters. The van der Waals surface area contributed by atoms with E-state index in [4.69, 9.17) is 5.11 Å². The zero-order valence-corrected chi connectivity index (χ0v) is 10.1. The number of aromatic carboxylic acids is 1. The van der Waals surface area contributed by atoms with Crippen LogP contribution in [0.3, 0.4) is 0 Å². The molecular weight excluding hydrogens is 240 g/mol. The molecule has 1 aromatic rings. The van der Waals surface area contributed by atoms with E-state index < -0.39 is 11.9 Å². The van der Waals surface area contributed by atoms with Gasteiger partial charge in [0.1, 0.15) is 0 Å². The van der Waals surface area contributed by atoms with Crippen molar-refractivity contribution in [3.8, 4) is 0 Å². The van der Waals surface area contributed by atoms with Crippen molar-refractivity contribution in [1.29, 1.82) is 0 Å². The Morgan fingerprint density at radius 3 is 2.39 bits per heavy atom. The molecule has 1 N–H and O–H groups in total. The zero-order valence-electron chi connectivity index (χ0n) is 10.1. The second-order valence-electron chi connectivity index (χ2n) is 4.84. The van der Waals surface area contributed by atoms with Crippen LogP contribution >= 0.6 is 0 Å². The van der Waals surface area contributed by atoms with Gasteiger partial charge in [-0.05, 0) is 24.7 Å². The maximum Gasteiger partial charge on any atom is 0.335 e. The molecule has 0 atom stereocenters. The molecule has 98 valence electrons. The van der Waals surface area contributed by atoms with Crippen molar-refractivity contribution >= 4 is 5.97 Å². The van der Waals surface area contributed by atoms with E-state index in [1.807, 2.05) is 11.9 Å². The molecule has 1 aliphatic carbocycles. The first kappa shape index (κ1) is 13.0. The molecule has 2 rings (SSSR count). The molecule has 0 heterocycles. The SMILES string of the molecule is CN(Cc1ccc(C(=O)O)cc1)C1CC(F)(F)C1. The monoisotopic (exact) mass is 255 g/mol. The van der Waals surface area contributed by atoms with E-state index in [0.717, 1.165) is 5.56 Å². The van der Waals surface area contributed by atoms with E-state index in [2.05, 4.69) is 0 Å². The molecule has 0 spiro atoms. The van der Waals surface area contributed by atoms with Gasteiger partial charge in [0, 0.05) is 25.4 Å². The van der Waals surface area contributed by atoms with Gasteiger partial charge in [0.05, 0.1) is 5.56 Å². The molecule has 3 nitrogen and oxygen atoms in total. The number of hydrogen-bond donors (Lipinski definition) is 1. The zero-order chi connectivity index (χ0) is 13.3. The third kappa shape index (κ3) is 2.85. The summed E-state index contributed by atoms with van der Waals surface area (Å²) in [5.41, 5.74) is 1.16. The topological polar surface area (TPSA) is 40.5 Å². The van der Waals surface area contributed by atoms with Gasteiger partial charge in [-0.3, -0.25) is 4.90 Å². The van der Waals surface area contributed by atoms with Crippen molar-refractivity contribution in [2.24, 2.45) is 0 Å². The lowest BCUT2D eigenvalue weighted by atomic mass is 9.87. The van der Waals surface area contributed by atoms with Gasteiger partial charge in [-0.25, -0.2) is 13.6 Å². The van der Waals surface area contributed by atoms with Gasteiger partial charge in [0.2, 0.25) is 0 Å². The van der Waals surface area contributed by atoms with Crippen molar-refractivity contribution in [3.63, 3.8) is 0 Å². The second kappa shape index (κ2) is 4.65. The van der Waals surface area contributed by atoms with Crippen LogP contribution < -0.4 is 0 Å². The van der Waals surface area contributed by atoms with Crippen LogP contribution in [0.15, 0.2) is 24.3 Å². The van der Waals surface area contributed by atoms with Gasteiger partial charge in [-0.15, -0.1) is 0 Å². The highest BCUT2D eigenvalue weighted by Gasteiger charge is 2.46. The molecule has 0 saturated heterocycles. The molecule has 1 aliphatic rings. The van der Waals surface area contributed by atoms with E-state index >= 15 is 0 Å². The highest BCUT2D eigenvalue weighted by molar-refractivity contribution is 5.87. The van der Waals surface area contributed by atoms with E-state index in [1.165, 1.54) is 12.1 Å². The Hall–Kier alpha value is -1.49. The first-order valence-electron chi connectivity index (χ1n) is 5.78. The van der Waals surface area contributed by atoms with Crippen LogP contribution in [0.4, 0.5) is 8.78 Å². The predicted molar refractivity (Wildman–Crippen MR) is 62.8 cm³/mol. The normalized spacial score (nSPS) is 18.7. The lowest BCUT2D eigenvalue weighted by Gasteiger charge is -2.40. The fourth-order valence-corrected chi connectivity index (χ4v) is 2.11. The van der Waals surface area contributed by atoms with Crippen LogP contribution in [-0.2, 0) is 6.54 Å². The number of carboxylic acid groups (broad SMARTS) is 1. The Morgan fingerprint density at radius 1 is 1.39 bits per heavy atom. The average Bonchev–Trinajstić information content (AvgIpc) is 2.26. The maximum absolute atomic E-state index is 12.7. The van der Waals surface area contributed by atoms with Crippen LogP contribution in [0.1, 0.15) is 28.8 Å². The number of alkyl halides is 2. The van der Waals surface area contributed by atoms with Crippen molar-refractivity contribution in [1.82, 2.24) is 4.90 Å². The highest BCUT2D eigenvalue weighted by Crippen LogP contribution is 2.40. The number of rotatable bonds is 4.